The first kappa shape index (κ1) is 19.5. The summed E-state index contributed by atoms with van der Waals surface area (Å²) in [6.07, 6.45) is 9.42. The second kappa shape index (κ2) is 8.69. The average Bonchev–Trinajstić information content (AvgIpc) is 3.05. The van der Waals surface area contributed by atoms with Crippen molar-refractivity contribution in [2.45, 2.75) is 44.8 Å². The maximum Gasteiger partial charge on any atom is 0.274 e. The molecular formula is C20H26N6O3. The van der Waals surface area contributed by atoms with Crippen LogP contribution in [0.3, 0.4) is 0 Å². The van der Waals surface area contributed by atoms with E-state index in [-0.39, 0.29) is 11.8 Å². The minimum Gasteiger partial charge on any atom is -0.391 e. The molecule has 2 aromatic rings. The van der Waals surface area contributed by atoms with Crippen LogP contribution in [0.25, 0.3) is 0 Å². The van der Waals surface area contributed by atoms with Crippen LogP contribution in [0.4, 0.5) is 0 Å². The summed E-state index contributed by atoms with van der Waals surface area (Å²) < 4.78 is 1.98. The summed E-state index contributed by atoms with van der Waals surface area (Å²) >= 11 is 0. The van der Waals surface area contributed by atoms with E-state index in [0.717, 1.165) is 24.4 Å². The van der Waals surface area contributed by atoms with Crippen molar-refractivity contribution in [1.29, 1.82) is 0 Å². The van der Waals surface area contributed by atoms with Crippen molar-refractivity contribution in [1.82, 2.24) is 29.3 Å². The molecule has 4 rings (SSSR count). The number of aliphatic hydroxyl groups is 1. The van der Waals surface area contributed by atoms with E-state index >= 15 is 0 Å². The summed E-state index contributed by atoms with van der Waals surface area (Å²) in [6, 6.07) is 0. The summed E-state index contributed by atoms with van der Waals surface area (Å²) in [4.78, 5) is 41.6. The van der Waals surface area contributed by atoms with Gasteiger partial charge in [0.15, 0.2) is 0 Å². The number of aromatic nitrogens is 4. The number of β-amino-alcohol motifs (C(OH)–C–C–N with tert-alkyl or cyclic N) is 1. The van der Waals surface area contributed by atoms with Crippen LogP contribution in [0.5, 0.6) is 0 Å². The molecule has 0 bridgehead atoms. The smallest absolute Gasteiger partial charge is 0.274 e. The quantitative estimate of drug-likeness (QED) is 0.794. The number of imidazole rings is 1. The van der Waals surface area contributed by atoms with Gasteiger partial charge in [-0.2, -0.15) is 0 Å². The Morgan fingerprint density at radius 1 is 1.14 bits per heavy atom. The monoisotopic (exact) mass is 398 g/mol. The van der Waals surface area contributed by atoms with Crippen molar-refractivity contribution >= 4 is 11.8 Å². The molecule has 29 heavy (non-hydrogen) atoms. The van der Waals surface area contributed by atoms with E-state index in [4.69, 9.17) is 0 Å². The lowest BCUT2D eigenvalue weighted by Crippen LogP contribution is -2.42. The van der Waals surface area contributed by atoms with Gasteiger partial charge in [0.1, 0.15) is 11.5 Å². The van der Waals surface area contributed by atoms with Crippen molar-refractivity contribution < 1.29 is 14.7 Å². The Labute approximate surface area is 169 Å². The van der Waals surface area contributed by atoms with Gasteiger partial charge in [-0.25, -0.2) is 4.98 Å². The van der Waals surface area contributed by atoms with Crippen molar-refractivity contribution in [2.24, 2.45) is 0 Å². The molecular weight excluding hydrogens is 372 g/mol. The highest BCUT2D eigenvalue weighted by Gasteiger charge is 2.27. The fourth-order valence-electron chi connectivity index (χ4n) is 3.93. The Kier molecular flexibility index (Phi) is 5.84. The standard InChI is InChI=1S/C20H26N6O3/c27-16-2-1-8-26(13-16)20(29)17-14-25-11-10-24(9-5-18(25)23-17)19(28)4-3-15-12-21-6-7-22-15/h6-7,12,14,16,27H,1-5,8-11,13H2. The van der Waals surface area contributed by atoms with Crippen LogP contribution in [0, 0.1) is 0 Å². The molecule has 0 aromatic carbocycles. The number of rotatable bonds is 4. The van der Waals surface area contributed by atoms with Crippen LogP contribution < -0.4 is 0 Å². The van der Waals surface area contributed by atoms with Crippen LogP contribution in [-0.2, 0) is 24.2 Å². The second-order valence-corrected chi connectivity index (χ2v) is 7.61. The molecule has 1 unspecified atom stereocenters. The van der Waals surface area contributed by atoms with Crippen LogP contribution in [0.15, 0.2) is 24.8 Å². The van der Waals surface area contributed by atoms with Crippen LogP contribution in [-0.4, -0.2) is 78.5 Å². The molecule has 9 heteroatoms. The van der Waals surface area contributed by atoms with Crippen molar-refractivity contribution in [3.8, 4) is 0 Å². The highest BCUT2D eigenvalue weighted by atomic mass is 16.3. The topological polar surface area (TPSA) is 104 Å². The fourth-order valence-corrected chi connectivity index (χ4v) is 3.93. The Balaban J connectivity index is 1.33. The third-order valence-corrected chi connectivity index (χ3v) is 5.54. The molecule has 1 saturated heterocycles. The Morgan fingerprint density at radius 3 is 2.83 bits per heavy atom. The number of hydrogen-bond donors (Lipinski definition) is 1. The van der Waals surface area contributed by atoms with E-state index < -0.39 is 6.10 Å². The van der Waals surface area contributed by atoms with Gasteiger partial charge < -0.3 is 19.5 Å². The molecule has 2 aliphatic heterocycles. The SMILES string of the molecule is O=C(CCc1cnccn1)N1CCc2nc(C(=O)N3CCCC(O)C3)cn2CC1. The van der Waals surface area contributed by atoms with E-state index in [9.17, 15) is 14.7 Å². The van der Waals surface area contributed by atoms with E-state index in [0.29, 0.717) is 57.7 Å². The molecule has 0 radical (unpaired) electrons. The zero-order valence-electron chi connectivity index (χ0n) is 16.4. The number of carbonyl (C=O) groups is 2. The lowest BCUT2D eigenvalue weighted by Gasteiger charge is -2.29. The zero-order chi connectivity index (χ0) is 20.2. The third kappa shape index (κ3) is 4.61. The fraction of sp³-hybridized carbons (Fsp3) is 0.550. The predicted molar refractivity (Wildman–Crippen MR) is 104 cm³/mol. The second-order valence-electron chi connectivity index (χ2n) is 7.61. The van der Waals surface area contributed by atoms with Gasteiger partial charge in [0, 0.05) is 70.4 Å². The molecule has 2 aliphatic rings. The summed E-state index contributed by atoms with van der Waals surface area (Å²) in [7, 11) is 0. The van der Waals surface area contributed by atoms with Gasteiger partial charge in [0.2, 0.25) is 5.91 Å². The molecule has 2 amide bonds. The summed E-state index contributed by atoms with van der Waals surface area (Å²) in [5.74, 6) is 0.802. The van der Waals surface area contributed by atoms with Crippen molar-refractivity contribution in [2.75, 3.05) is 26.2 Å². The first-order chi connectivity index (χ1) is 14.1. The van der Waals surface area contributed by atoms with Gasteiger partial charge in [0.25, 0.3) is 5.91 Å². The predicted octanol–water partition coefficient (Wildman–Crippen LogP) is 0.288. The Bertz CT molecular complexity index is 843. The van der Waals surface area contributed by atoms with Gasteiger partial charge in [0.05, 0.1) is 11.8 Å². The number of aryl methyl sites for hydroxylation is 1. The van der Waals surface area contributed by atoms with Gasteiger partial charge >= 0.3 is 0 Å². The zero-order valence-corrected chi connectivity index (χ0v) is 16.4. The summed E-state index contributed by atoms with van der Waals surface area (Å²) in [5, 5.41) is 9.81. The largest absolute Gasteiger partial charge is 0.391 e. The number of fused-ring (bicyclic) bond motifs is 1. The van der Waals surface area contributed by atoms with Gasteiger partial charge in [-0.1, -0.05) is 0 Å². The molecule has 4 heterocycles. The maximum absolute atomic E-state index is 12.7. The molecule has 1 fully saturated rings. The molecule has 0 spiro atoms. The highest BCUT2D eigenvalue weighted by molar-refractivity contribution is 5.92. The average molecular weight is 398 g/mol. The van der Waals surface area contributed by atoms with Crippen molar-refractivity contribution in [3.05, 3.63) is 42.0 Å². The number of carbonyl (C=O) groups excluding carboxylic acids is 2. The number of aliphatic hydroxyl groups excluding tert-OH is 1. The minimum atomic E-state index is -0.449. The van der Waals surface area contributed by atoms with Crippen molar-refractivity contribution in [3.63, 3.8) is 0 Å². The first-order valence-corrected chi connectivity index (χ1v) is 10.2. The molecule has 1 atom stereocenters. The highest BCUT2D eigenvalue weighted by Crippen LogP contribution is 2.16. The molecule has 154 valence electrons. The normalized spacial score (nSPS) is 19.6. The van der Waals surface area contributed by atoms with Crippen LogP contribution in [0.1, 0.15) is 41.3 Å². The summed E-state index contributed by atoms with van der Waals surface area (Å²) in [5.41, 5.74) is 1.24. The van der Waals surface area contributed by atoms with Gasteiger partial charge in [-0.05, 0) is 19.3 Å². The first-order valence-electron chi connectivity index (χ1n) is 10.2. The Hall–Kier alpha value is -2.81. The van der Waals surface area contributed by atoms with Crippen LogP contribution >= 0.6 is 0 Å². The molecule has 9 nitrogen and oxygen atoms in total. The Morgan fingerprint density at radius 2 is 2.03 bits per heavy atom. The van der Waals surface area contributed by atoms with Gasteiger partial charge in [-0.3, -0.25) is 19.6 Å². The van der Waals surface area contributed by atoms with E-state index in [1.54, 1.807) is 29.7 Å². The molecule has 2 aromatic heterocycles. The third-order valence-electron chi connectivity index (χ3n) is 5.54. The number of piperidine rings is 1. The summed E-state index contributed by atoms with van der Waals surface area (Å²) in [6.45, 7) is 2.83. The number of amides is 2. The minimum absolute atomic E-state index is 0.0972. The van der Waals surface area contributed by atoms with E-state index in [1.807, 2.05) is 9.47 Å². The number of hydrogen-bond acceptors (Lipinski definition) is 6. The lowest BCUT2D eigenvalue weighted by molar-refractivity contribution is -0.131. The molecule has 1 N–H and O–H groups in total. The lowest BCUT2D eigenvalue weighted by atomic mass is 10.1. The molecule has 0 aliphatic carbocycles. The number of likely N-dealkylation sites (tertiary alicyclic amines) is 1. The van der Waals surface area contributed by atoms with Crippen LogP contribution in [0.2, 0.25) is 0 Å². The molecule has 0 saturated carbocycles. The van der Waals surface area contributed by atoms with Gasteiger partial charge in [-0.15, -0.1) is 0 Å². The van der Waals surface area contributed by atoms with E-state index in [1.165, 1.54) is 0 Å². The number of nitrogens with zero attached hydrogens (tertiary/aromatic N) is 6. The maximum atomic E-state index is 12.7. The van der Waals surface area contributed by atoms with E-state index in [2.05, 4.69) is 15.0 Å².